The lowest BCUT2D eigenvalue weighted by Gasteiger charge is -2.26. The summed E-state index contributed by atoms with van der Waals surface area (Å²) in [5.74, 6) is 0.919. The van der Waals surface area contributed by atoms with Crippen molar-refractivity contribution in [3.8, 4) is 33.6 Å². The van der Waals surface area contributed by atoms with Crippen LogP contribution in [0, 0.1) is 0 Å². The normalized spacial score (nSPS) is 17.0. The Bertz CT molecular complexity index is 3200. The van der Waals surface area contributed by atoms with Crippen molar-refractivity contribution in [3.63, 3.8) is 0 Å². The van der Waals surface area contributed by atoms with Crippen LogP contribution in [-0.4, -0.2) is 15.0 Å². The number of rotatable bonds is 7. The zero-order chi connectivity index (χ0) is 41.0. The van der Waals surface area contributed by atoms with Gasteiger partial charge in [-0.2, -0.15) is 0 Å². The van der Waals surface area contributed by atoms with Gasteiger partial charge in [0, 0.05) is 50.1 Å². The van der Waals surface area contributed by atoms with E-state index in [-0.39, 0.29) is 6.04 Å². The first-order valence-electron chi connectivity index (χ1n) is 22.5. The van der Waals surface area contributed by atoms with Gasteiger partial charge >= 0.3 is 0 Å². The Morgan fingerprint density at radius 3 is 2.19 bits per heavy atom. The van der Waals surface area contributed by atoms with E-state index in [0.29, 0.717) is 0 Å². The molecule has 3 aliphatic carbocycles. The van der Waals surface area contributed by atoms with Crippen LogP contribution >= 0.6 is 0 Å². The highest BCUT2D eigenvalue weighted by molar-refractivity contribution is 6.07. The van der Waals surface area contributed by atoms with E-state index < -0.39 is 0 Å². The van der Waals surface area contributed by atoms with Crippen molar-refractivity contribution in [2.45, 2.75) is 57.4 Å². The second-order valence-electron chi connectivity index (χ2n) is 17.1. The predicted molar refractivity (Wildman–Crippen MR) is 258 cm³/mol. The first kappa shape index (κ1) is 36.7. The number of benzene rings is 6. The third-order valence-corrected chi connectivity index (χ3v) is 13.5. The summed E-state index contributed by atoms with van der Waals surface area (Å²) in [5, 5.41) is 6.53. The van der Waals surface area contributed by atoms with Gasteiger partial charge in [0.15, 0.2) is 0 Å². The van der Waals surface area contributed by atoms with Crippen LogP contribution in [0.2, 0.25) is 0 Å². The number of aryl methyl sites for hydroxylation is 1. The monoisotopic (exact) mass is 800 g/mol. The Labute approximate surface area is 363 Å². The van der Waals surface area contributed by atoms with Crippen LogP contribution in [0.4, 0.5) is 0 Å². The number of hydrogen-bond donors (Lipinski definition) is 1. The van der Waals surface area contributed by atoms with Gasteiger partial charge in [-0.15, -0.1) is 0 Å². The summed E-state index contributed by atoms with van der Waals surface area (Å²) in [4.78, 5) is 5.38. The van der Waals surface area contributed by atoms with Crippen LogP contribution in [0.25, 0.3) is 61.5 Å². The molecule has 3 heterocycles. The molecule has 0 saturated carbocycles. The maximum atomic E-state index is 5.38. The molecule has 0 radical (unpaired) electrons. The van der Waals surface area contributed by atoms with E-state index in [2.05, 4.69) is 196 Å². The highest BCUT2D eigenvalue weighted by atomic mass is 15.1. The largest absolute Gasteiger partial charge is 0.359 e. The summed E-state index contributed by atoms with van der Waals surface area (Å²) in [6.07, 6.45) is 22.3. The smallest absolute Gasteiger partial charge is 0.135 e. The van der Waals surface area contributed by atoms with Crippen LogP contribution in [0.3, 0.4) is 0 Å². The molecule has 4 aliphatic rings. The Hall–Kier alpha value is -7.17. The molecule has 8 aromatic rings. The Kier molecular flexibility index (Phi) is 9.10. The van der Waals surface area contributed by atoms with Gasteiger partial charge < -0.3 is 14.5 Å². The topological polar surface area (TPSA) is 34.2 Å². The maximum Gasteiger partial charge on any atom is 0.135 e. The van der Waals surface area contributed by atoms with Crippen molar-refractivity contribution in [3.05, 3.63) is 221 Å². The standard InChI is InChI=1S/C58H48N4/c1-4-19-39(20-5-1)51-38-52(40-21-6-2-7-22-40)60-58(59-51)49-29-11-10-25-43(49)41-35-36-56-50(37-41)46-28-14-17-34-55(46)62(56)54-33-16-13-27-45(54)48-31-18-30-47-44-26-12-15-32-53(44)61(57(47)48)42-23-8-3-9-24-42/h1-6,8-13,16,18-21,23-27,29-31,33,35-38,51H,7,14-15,17,22,28,32,34H2,(H,59,60). The molecule has 62 heavy (non-hydrogen) atoms. The molecule has 12 rings (SSSR count). The average Bonchev–Trinajstić information content (AvgIpc) is 3.87. The molecule has 1 N–H and O–H groups in total. The van der Waals surface area contributed by atoms with Crippen molar-refractivity contribution in [1.82, 2.24) is 14.5 Å². The van der Waals surface area contributed by atoms with Crippen molar-refractivity contribution in [2.24, 2.45) is 4.99 Å². The molecular formula is C58H48N4. The number of nitrogens with one attached hydrogen (secondary N) is 1. The molecule has 300 valence electrons. The number of allylic oxidation sites excluding steroid dienone is 5. The second-order valence-corrected chi connectivity index (χ2v) is 17.1. The summed E-state index contributed by atoms with van der Waals surface area (Å²) >= 11 is 0. The first-order chi connectivity index (χ1) is 30.8. The molecule has 1 unspecified atom stereocenters. The van der Waals surface area contributed by atoms with Crippen molar-refractivity contribution >= 4 is 33.7 Å². The number of hydrogen-bond acceptors (Lipinski definition) is 2. The fourth-order valence-corrected chi connectivity index (χ4v) is 10.7. The highest BCUT2D eigenvalue weighted by Gasteiger charge is 2.27. The van der Waals surface area contributed by atoms with Gasteiger partial charge in [0.25, 0.3) is 0 Å². The highest BCUT2D eigenvalue weighted by Crippen LogP contribution is 2.44. The minimum atomic E-state index is 0.0190. The Morgan fingerprint density at radius 2 is 1.34 bits per heavy atom. The van der Waals surface area contributed by atoms with Crippen LogP contribution < -0.4 is 5.32 Å². The van der Waals surface area contributed by atoms with Crippen LogP contribution in [-0.2, 0) is 19.3 Å². The van der Waals surface area contributed by atoms with E-state index >= 15 is 0 Å². The van der Waals surface area contributed by atoms with Gasteiger partial charge in [0.2, 0.25) is 0 Å². The van der Waals surface area contributed by atoms with Crippen molar-refractivity contribution in [2.75, 3.05) is 0 Å². The van der Waals surface area contributed by atoms with E-state index in [1.165, 1.54) is 102 Å². The summed E-state index contributed by atoms with van der Waals surface area (Å²) in [7, 11) is 0. The minimum absolute atomic E-state index is 0.0190. The summed E-state index contributed by atoms with van der Waals surface area (Å²) < 4.78 is 5.16. The Balaban J connectivity index is 1.01. The zero-order valence-electron chi connectivity index (χ0n) is 34.9. The van der Waals surface area contributed by atoms with E-state index in [9.17, 15) is 0 Å². The average molecular weight is 801 g/mol. The van der Waals surface area contributed by atoms with Gasteiger partial charge in [0.1, 0.15) is 5.84 Å². The van der Waals surface area contributed by atoms with E-state index in [1.54, 1.807) is 0 Å². The quantitative estimate of drug-likeness (QED) is 0.171. The fraction of sp³-hybridized carbons (Fsp3) is 0.155. The number of fused-ring (bicyclic) bond motifs is 6. The minimum Gasteiger partial charge on any atom is -0.359 e. The molecule has 1 aliphatic heterocycles. The van der Waals surface area contributed by atoms with Crippen LogP contribution in [0.15, 0.2) is 192 Å². The number of amidine groups is 1. The molecule has 0 saturated heterocycles. The second kappa shape index (κ2) is 15.4. The molecule has 0 amide bonds. The number of aliphatic imine (C=N–C) groups is 1. The third-order valence-electron chi connectivity index (χ3n) is 13.5. The lowest BCUT2D eigenvalue weighted by molar-refractivity contribution is 0.667. The lowest BCUT2D eigenvalue weighted by atomic mass is 9.92. The number of nitrogens with zero attached hydrogens (tertiary/aromatic N) is 3. The summed E-state index contributed by atoms with van der Waals surface area (Å²) in [6.45, 7) is 0. The molecule has 4 nitrogen and oxygen atoms in total. The van der Waals surface area contributed by atoms with E-state index in [0.717, 1.165) is 55.6 Å². The molecular weight excluding hydrogens is 753 g/mol. The van der Waals surface area contributed by atoms with E-state index in [4.69, 9.17) is 4.99 Å². The molecule has 0 bridgehead atoms. The zero-order valence-corrected chi connectivity index (χ0v) is 34.9. The van der Waals surface area contributed by atoms with Gasteiger partial charge in [-0.25, -0.2) is 4.99 Å². The molecule has 6 aromatic carbocycles. The summed E-state index contributed by atoms with van der Waals surface area (Å²) in [5.41, 5.74) is 20.4. The number of aromatic nitrogens is 2. The predicted octanol–water partition coefficient (Wildman–Crippen LogP) is 14.0. The van der Waals surface area contributed by atoms with E-state index in [1.807, 2.05) is 0 Å². The molecule has 4 heteroatoms. The summed E-state index contributed by atoms with van der Waals surface area (Å²) in [6, 6.07) is 53.8. The fourth-order valence-electron chi connectivity index (χ4n) is 10.7. The van der Waals surface area contributed by atoms with Gasteiger partial charge in [0.05, 0.1) is 28.5 Å². The van der Waals surface area contributed by atoms with Gasteiger partial charge in [-0.1, -0.05) is 146 Å². The van der Waals surface area contributed by atoms with Crippen LogP contribution in [0.5, 0.6) is 0 Å². The molecule has 1 atom stereocenters. The number of para-hydroxylation sites is 3. The molecule has 0 fully saturated rings. The SMILES string of the molecule is C1=CCCC(C2=CC(c3ccccc3)NC(c3ccccc3-c3ccc4c(c3)c3c(n4-c4ccccc4-c4cccc5c6c(n(-c7ccccc7)c45)CCC=C6)CCCC3)=N2)=C1. The van der Waals surface area contributed by atoms with Gasteiger partial charge in [-0.3, -0.25) is 0 Å². The van der Waals surface area contributed by atoms with Gasteiger partial charge in [-0.05, 0) is 116 Å². The lowest BCUT2D eigenvalue weighted by Crippen LogP contribution is -2.32. The maximum absolute atomic E-state index is 5.38. The van der Waals surface area contributed by atoms with Crippen molar-refractivity contribution in [1.29, 1.82) is 0 Å². The Morgan fingerprint density at radius 1 is 0.581 bits per heavy atom. The van der Waals surface area contributed by atoms with Crippen molar-refractivity contribution < 1.29 is 0 Å². The first-order valence-corrected chi connectivity index (χ1v) is 22.5. The third kappa shape index (κ3) is 6.16. The van der Waals surface area contributed by atoms with Crippen LogP contribution in [0.1, 0.15) is 71.8 Å². The molecule has 0 spiro atoms. The molecule has 2 aromatic heterocycles.